The monoisotopic (exact) mass is 576 g/mol. The van der Waals surface area contributed by atoms with E-state index < -0.39 is 0 Å². The van der Waals surface area contributed by atoms with Gasteiger partial charge in [-0.2, -0.15) is 0 Å². The average molecular weight is 577 g/mol. The number of furan rings is 1. The summed E-state index contributed by atoms with van der Waals surface area (Å²) in [6.07, 6.45) is 2.21. The minimum absolute atomic E-state index is 0.0298. The lowest BCUT2D eigenvalue weighted by Crippen LogP contribution is -2.31. The number of aliphatic imine (C=N–C) groups is 1. The Morgan fingerprint density at radius 2 is 1.24 bits per heavy atom. The molecule has 0 radical (unpaired) electrons. The highest BCUT2D eigenvalue weighted by Gasteiger charge is 2.23. The summed E-state index contributed by atoms with van der Waals surface area (Å²) in [7, 11) is 0. The highest BCUT2D eigenvalue weighted by Crippen LogP contribution is 2.41. The molecule has 7 aromatic carbocycles. The second-order valence-corrected chi connectivity index (χ2v) is 11.6. The number of nitrogens with zero attached hydrogens (tertiary/aromatic N) is 1. The van der Waals surface area contributed by atoms with Crippen LogP contribution in [0.25, 0.3) is 60.3 Å². The molecule has 0 aliphatic carbocycles. The molecule has 9 rings (SSSR count). The van der Waals surface area contributed by atoms with Crippen LogP contribution in [0.15, 0.2) is 167 Å². The van der Waals surface area contributed by atoms with E-state index in [4.69, 9.17) is 9.41 Å². The summed E-state index contributed by atoms with van der Waals surface area (Å²) in [4.78, 5) is 5.16. The first-order valence-electron chi connectivity index (χ1n) is 15.3. The molecule has 1 aliphatic rings. The Labute approximate surface area is 260 Å². The second kappa shape index (κ2) is 10.4. The number of hydrogen-bond donors (Lipinski definition) is 1. The second-order valence-electron chi connectivity index (χ2n) is 11.6. The van der Waals surface area contributed by atoms with Crippen LogP contribution in [0.3, 0.4) is 0 Å². The van der Waals surface area contributed by atoms with Crippen molar-refractivity contribution in [1.82, 2.24) is 5.32 Å². The van der Waals surface area contributed by atoms with Gasteiger partial charge in [-0.05, 0) is 62.5 Å². The van der Waals surface area contributed by atoms with E-state index >= 15 is 0 Å². The maximum absolute atomic E-state index is 6.70. The highest BCUT2D eigenvalue weighted by atomic mass is 16.3. The van der Waals surface area contributed by atoms with Gasteiger partial charge in [-0.15, -0.1) is 0 Å². The average Bonchev–Trinajstić information content (AvgIpc) is 3.51. The van der Waals surface area contributed by atoms with Crippen LogP contribution >= 0.6 is 0 Å². The minimum atomic E-state index is -0.0298. The number of nitrogens with one attached hydrogen (secondary N) is 1. The largest absolute Gasteiger partial charge is 0.455 e. The van der Waals surface area contributed by atoms with Gasteiger partial charge in [0.05, 0.1) is 11.7 Å². The number of para-hydroxylation sites is 1. The summed E-state index contributed by atoms with van der Waals surface area (Å²) < 4.78 is 6.70. The molecule has 45 heavy (non-hydrogen) atoms. The van der Waals surface area contributed by atoms with E-state index in [1.165, 1.54) is 32.7 Å². The zero-order valence-electron chi connectivity index (χ0n) is 24.4. The molecule has 1 atom stereocenters. The lowest BCUT2D eigenvalue weighted by Gasteiger charge is -2.24. The normalized spacial score (nSPS) is 14.9. The maximum Gasteiger partial charge on any atom is 0.144 e. The Morgan fingerprint density at radius 1 is 0.533 bits per heavy atom. The van der Waals surface area contributed by atoms with E-state index in [-0.39, 0.29) is 6.04 Å². The van der Waals surface area contributed by atoms with Crippen LogP contribution in [-0.4, -0.2) is 5.84 Å². The van der Waals surface area contributed by atoms with Gasteiger partial charge in [0.25, 0.3) is 0 Å². The van der Waals surface area contributed by atoms with Gasteiger partial charge in [-0.1, -0.05) is 133 Å². The minimum Gasteiger partial charge on any atom is -0.455 e. The van der Waals surface area contributed by atoms with E-state index in [1.54, 1.807) is 0 Å². The summed E-state index contributed by atoms with van der Waals surface area (Å²) in [6.45, 7) is 0. The van der Waals surface area contributed by atoms with E-state index in [9.17, 15) is 0 Å². The number of fused-ring (bicyclic) bond motifs is 6. The Bertz CT molecular complexity index is 2450. The lowest BCUT2D eigenvalue weighted by atomic mass is 9.94. The third-order valence-electron chi connectivity index (χ3n) is 8.91. The summed E-state index contributed by atoms with van der Waals surface area (Å²) in [5, 5.41) is 10.9. The van der Waals surface area contributed by atoms with Crippen LogP contribution in [0.2, 0.25) is 0 Å². The van der Waals surface area contributed by atoms with Crippen LogP contribution in [0.4, 0.5) is 0 Å². The lowest BCUT2D eigenvalue weighted by molar-refractivity contribution is 0.667. The molecule has 1 unspecified atom stereocenters. The van der Waals surface area contributed by atoms with Crippen molar-refractivity contribution in [2.75, 3.05) is 0 Å². The smallest absolute Gasteiger partial charge is 0.144 e. The fourth-order valence-electron chi connectivity index (χ4n) is 6.74. The molecule has 0 spiro atoms. The van der Waals surface area contributed by atoms with E-state index in [2.05, 4.69) is 139 Å². The summed E-state index contributed by atoms with van der Waals surface area (Å²) in [5.74, 6) is 0.847. The van der Waals surface area contributed by atoms with Gasteiger partial charge in [0.15, 0.2) is 0 Å². The third-order valence-corrected chi connectivity index (χ3v) is 8.91. The predicted molar refractivity (Wildman–Crippen MR) is 187 cm³/mol. The van der Waals surface area contributed by atoms with Crippen molar-refractivity contribution in [1.29, 1.82) is 0 Å². The van der Waals surface area contributed by atoms with Crippen molar-refractivity contribution in [3.8, 4) is 11.1 Å². The van der Waals surface area contributed by atoms with Crippen molar-refractivity contribution in [3.63, 3.8) is 0 Å². The molecule has 0 amide bonds. The quantitative estimate of drug-likeness (QED) is 0.212. The number of amidine groups is 1. The molecular weight excluding hydrogens is 548 g/mol. The van der Waals surface area contributed by atoms with Crippen LogP contribution < -0.4 is 5.32 Å². The van der Waals surface area contributed by atoms with Gasteiger partial charge in [0.2, 0.25) is 0 Å². The Hall–Kier alpha value is -5.93. The first-order valence-corrected chi connectivity index (χ1v) is 15.3. The molecule has 3 heteroatoms. The molecule has 212 valence electrons. The molecular formula is C42H28N2O. The molecule has 0 saturated heterocycles. The van der Waals surface area contributed by atoms with Crippen LogP contribution in [0, 0.1) is 0 Å². The number of hydrogen-bond acceptors (Lipinski definition) is 3. The highest BCUT2D eigenvalue weighted by molar-refractivity contribution is 6.16. The molecule has 0 bridgehead atoms. The van der Waals surface area contributed by atoms with Crippen molar-refractivity contribution in [3.05, 3.63) is 174 Å². The van der Waals surface area contributed by atoms with Crippen LogP contribution in [0.1, 0.15) is 22.7 Å². The van der Waals surface area contributed by atoms with E-state index in [0.717, 1.165) is 50.2 Å². The molecule has 1 N–H and O–H groups in total. The molecule has 3 nitrogen and oxygen atoms in total. The predicted octanol–water partition coefficient (Wildman–Crippen LogP) is 10.7. The topological polar surface area (TPSA) is 37.5 Å². The summed E-state index contributed by atoms with van der Waals surface area (Å²) >= 11 is 0. The molecule has 8 aromatic rings. The Balaban J connectivity index is 1.22. The zero-order valence-corrected chi connectivity index (χ0v) is 24.4. The molecule has 0 saturated carbocycles. The van der Waals surface area contributed by atoms with Crippen molar-refractivity contribution >= 4 is 55.0 Å². The standard InChI is InChI=1S/C42H28N2O/c1-3-12-28(13-4-1)37-26-38(44-42(43-37)29-14-5-2-6-15-29)35-18-9-19-36-40-34(17-10-20-39(40)45-41(35)36)31-23-24-33-30(25-31)22-21-27-11-7-8-16-32(27)33/h1-26,37H,(H,43,44). The van der Waals surface area contributed by atoms with Gasteiger partial charge < -0.3 is 9.73 Å². The van der Waals surface area contributed by atoms with Crippen molar-refractivity contribution < 1.29 is 4.42 Å². The van der Waals surface area contributed by atoms with Crippen molar-refractivity contribution in [2.45, 2.75) is 6.04 Å². The van der Waals surface area contributed by atoms with E-state index in [1.807, 2.05) is 24.3 Å². The molecule has 1 aromatic heterocycles. The van der Waals surface area contributed by atoms with Gasteiger partial charge >= 0.3 is 0 Å². The number of rotatable bonds is 4. The molecule has 1 aliphatic heterocycles. The van der Waals surface area contributed by atoms with Gasteiger partial charge in [0, 0.05) is 21.9 Å². The van der Waals surface area contributed by atoms with Gasteiger partial charge in [0.1, 0.15) is 17.0 Å². The number of benzene rings is 7. The Morgan fingerprint density at radius 3 is 2.13 bits per heavy atom. The maximum atomic E-state index is 6.70. The van der Waals surface area contributed by atoms with E-state index in [0.29, 0.717) is 0 Å². The van der Waals surface area contributed by atoms with Gasteiger partial charge in [-0.3, -0.25) is 0 Å². The molecule has 0 fully saturated rings. The van der Waals surface area contributed by atoms with Crippen molar-refractivity contribution in [2.24, 2.45) is 4.99 Å². The Kier molecular flexibility index (Phi) is 5.88. The zero-order chi connectivity index (χ0) is 29.7. The van der Waals surface area contributed by atoms with Gasteiger partial charge in [-0.25, -0.2) is 4.99 Å². The summed E-state index contributed by atoms with van der Waals surface area (Å²) in [6, 6.07) is 53.4. The van der Waals surface area contributed by atoms with Crippen LogP contribution in [-0.2, 0) is 0 Å². The fraction of sp³-hybridized carbons (Fsp3) is 0.0238. The first-order chi connectivity index (χ1) is 22.3. The molecule has 2 heterocycles. The third kappa shape index (κ3) is 4.32. The first kappa shape index (κ1) is 25.6. The van der Waals surface area contributed by atoms with Crippen LogP contribution in [0.5, 0.6) is 0 Å². The SMILES string of the molecule is C1=C(c2cccc3c2oc2cccc(-c4ccc5c(ccc6ccccc65)c4)c23)N=C(c2ccccc2)NC1c1ccccc1. The fourth-order valence-corrected chi connectivity index (χ4v) is 6.74. The summed E-state index contributed by atoms with van der Waals surface area (Å²) in [5.41, 5.74) is 8.16.